The Kier molecular flexibility index (Phi) is 4.84. The van der Waals surface area contributed by atoms with E-state index in [0.29, 0.717) is 10.7 Å². The maximum absolute atomic E-state index is 12.6. The van der Waals surface area contributed by atoms with Gasteiger partial charge >= 0.3 is 5.97 Å². The van der Waals surface area contributed by atoms with Crippen molar-refractivity contribution in [1.82, 2.24) is 14.9 Å². The van der Waals surface area contributed by atoms with Gasteiger partial charge in [-0.25, -0.2) is 9.97 Å². The lowest BCUT2D eigenvalue weighted by molar-refractivity contribution is -0.137. The summed E-state index contributed by atoms with van der Waals surface area (Å²) in [6.07, 6.45) is -0.0754. The second kappa shape index (κ2) is 6.49. The summed E-state index contributed by atoms with van der Waals surface area (Å²) in [7, 11) is 5.41. The molecule has 23 heavy (non-hydrogen) atoms. The van der Waals surface area contributed by atoms with E-state index in [9.17, 15) is 9.59 Å². The third kappa shape index (κ3) is 3.42. The predicted molar refractivity (Wildman–Crippen MR) is 90.4 cm³/mol. The second-order valence-electron chi connectivity index (χ2n) is 5.60. The fraction of sp³-hybridized carbons (Fsp3) is 0.467. The average molecular weight is 336 g/mol. The summed E-state index contributed by atoms with van der Waals surface area (Å²) in [4.78, 5) is 36.8. The first-order chi connectivity index (χ1) is 10.7. The number of hydrogen-bond donors (Lipinski definition) is 1. The van der Waals surface area contributed by atoms with Crippen LogP contribution < -0.4 is 4.90 Å². The first-order valence-electron chi connectivity index (χ1n) is 7.14. The zero-order valence-electron chi connectivity index (χ0n) is 13.9. The van der Waals surface area contributed by atoms with Crippen LogP contribution in [0.25, 0.3) is 10.2 Å². The Hall–Kier alpha value is -2.22. The fourth-order valence-electron chi connectivity index (χ4n) is 2.29. The van der Waals surface area contributed by atoms with E-state index < -0.39 is 5.97 Å². The highest BCUT2D eigenvalue weighted by Gasteiger charge is 2.23. The number of carboxylic acid groups (broad SMARTS) is 1. The van der Waals surface area contributed by atoms with Crippen molar-refractivity contribution in [1.29, 1.82) is 0 Å². The summed E-state index contributed by atoms with van der Waals surface area (Å²) in [6.45, 7) is 3.87. The Balaban J connectivity index is 2.46. The number of fused-ring (bicyclic) bond motifs is 1. The monoisotopic (exact) mass is 336 g/mol. The summed E-state index contributed by atoms with van der Waals surface area (Å²) in [6, 6.07) is 0. The lowest BCUT2D eigenvalue weighted by Gasteiger charge is -2.16. The molecule has 0 saturated heterocycles. The van der Waals surface area contributed by atoms with Crippen molar-refractivity contribution < 1.29 is 14.7 Å². The minimum atomic E-state index is -0.922. The summed E-state index contributed by atoms with van der Waals surface area (Å²) < 4.78 is 0. The van der Waals surface area contributed by atoms with Gasteiger partial charge in [0.05, 0.1) is 16.7 Å². The minimum absolute atomic E-state index is 0.0754. The molecule has 2 aromatic heterocycles. The van der Waals surface area contributed by atoms with E-state index in [1.165, 1.54) is 16.2 Å². The Labute approximate surface area is 138 Å². The second-order valence-corrected chi connectivity index (χ2v) is 6.59. The number of carbonyl (C=O) groups excluding carboxylic acids is 1. The van der Waals surface area contributed by atoms with Crippen LogP contribution in [0.1, 0.15) is 27.5 Å². The van der Waals surface area contributed by atoms with Gasteiger partial charge < -0.3 is 14.9 Å². The Morgan fingerprint density at radius 2 is 1.83 bits per heavy atom. The molecule has 1 amide bonds. The number of nitrogens with zero attached hydrogens (tertiary/aromatic N) is 4. The first kappa shape index (κ1) is 17.1. The van der Waals surface area contributed by atoms with Gasteiger partial charge in [0.15, 0.2) is 0 Å². The molecule has 0 atom stereocenters. The number of carboxylic acids is 1. The molecule has 0 spiro atoms. The molecule has 8 heteroatoms. The van der Waals surface area contributed by atoms with Crippen molar-refractivity contribution in [2.45, 2.75) is 20.3 Å². The van der Waals surface area contributed by atoms with Gasteiger partial charge in [0, 0.05) is 27.7 Å². The van der Waals surface area contributed by atoms with Gasteiger partial charge in [-0.2, -0.15) is 0 Å². The number of rotatable bonds is 5. The van der Waals surface area contributed by atoms with Crippen molar-refractivity contribution >= 4 is 39.2 Å². The van der Waals surface area contributed by atoms with Crippen LogP contribution in [0.2, 0.25) is 0 Å². The third-order valence-corrected chi connectivity index (χ3v) is 4.68. The van der Waals surface area contributed by atoms with Crippen molar-refractivity contribution in [3.05, 3.63) is 16.3 Å². The number of aromatic nitrogens is 2. The smallest absolute Gasteiger partial charge is 0.305 e. The molecule has 0 aliphatic carbocycles. The number of thiophene rings is 1. The van der Waals surface area contributed by atoms with E-state index >= 15 is 0 Å². The topological polar surface area (TPSA) is 86.6 Å². The molecule has 0 aromatic carbocycles. The van der Waals surface area contributed by atoms with Gasteiger partial charge in [0.25, 0.3) is 5.91 Å². The molecule has 7 nitrogen and oxygen atoms in total. The van der Waals surface area contributed by atoms with Gasteiger partial charge in [-0.05, 0) is 19.4 Å². The average Bonchev–Trinajstić information content (AvgIpc) is 2.79. The highest BCUT2D eigenvalue weighted by atomic mass is 32.1. The van der Waals surface area contributed by atoms with E-state index in [2.05, 4.69) is 9.97 Å². The predicted octanol–water partition coefficient (Wildman–Crippen LogP) is 1.92. The van der Waals surface area contributed by atoms with E-state index in [1.54, 1.807) is 7.05 Å². The Morgan fingerprint density at radius 3 is 2.39 bits per heavy atom. The van der Waals surface area contributed by atoms with Gasteiger partial charge in [-0.15, -0.1) is 11.3 Å². The maximum Gasteiger partial charge on any atom is 0.305 e. The molecule has 0 unspecified atom stereocenters. The van der Waals surface area contributed by atoms with Crippen LogP contribution >= 0.6 is 11.3 Å². The summed E-state index contributed by atoms with van der Waals surface area (Å²) in [5.41, 5.74) is 0.834. The number of anilines is 1. The number of aliphatic carboxylic acids is 1. The quantitative estimate of drug-likeness (QED) is 0.898. The molecular weight excluding hydrogens is 316 g/mol. The van der Waals surface area contributed by atoms with Crippen molar-refractivity contribution in [3.8, 4) is 0 Å². The molecule has 0 aliphatic heterocycles. The van der Waals surface area contributed by atoms with Crippen LogP contribution in [0.5, 0.6) is 0 Å². The number of hydrogen-bond acceptors (Lipinski definition) is 6. The first-order valence-corrected chi connectivity index (χ1v) is 7.96. The molecule has 0 aliphatic rings. The van der Waals surface area contributed by atoms with Crippen molar-refractivity contribution in [2.75, 3.05) is 32.6 Å². The van der Waals surface area contributed by atoms with E-state index in [0.717, 1.165) is 21.6 Å². The lowest BCUT2D eigenvalue weighted by atomic mass is 10.2. The largest absolute Gasteiger partial charge is 0.481 e. The van der Waals surface area contributed by atoms with Gasteiger partial charge in [0.2, 0.25) is 0 Å². The van der Waals surface area contributed by atoms with Crippen molar-refractivity contribution in [2.24, 2.45) is 0 Å². The molecule has 0 bridgehead atoms. The SMILES string of the molecule is Cc1nc(N(C)C)c2c(C)c(C(=O)N(C)CCC(=O)O)sc2n1. The molecule has 2 heterocycles. The number of aryl methyl sites for hydroxylation is 2. The van der Waals surface area contributed by atoms with Crippen LogP contribution in [-0.2, 0) is 4.79 Å². The fourth-order valence-corrected chi connectivity index (χ4v) is 3.50. The Morgan fingerprint density at radius 1 is 1.17 bits per heavy atom. The summed E-state index contributed by atoms with van der Waals surface area (Å²) in [5.74, 6) is 0.331. The molecule has 0 saturated carbocycles. The van der Waals surface area contributed by atoms with Gasteiger partial charge in [0.1, 0.15) is 16.5 Å². The van der Waals surface area contributed by atoms with Crippen LogP contribution in [-0.4, -0.2) is 59.5 Å². The molecule has 2 rings (SSSR count). The standard InChI is InChI=1S/C15H20N4O3S/c1-8-11-13(18(3)4)16-9(2)17-14(11)23-12(8)15(22)19(5)7-6-10(20)21/h6-7H2,1-5H3,(H,20,21). The minimum Gasteiger partial charge on any atom is -0.481 e. The van der Waals surface area contributed by atoms with Crippen LogP contribution in [0.4, 0.5) is 5.82 Å². The summed E-state index contributed by atoms with van der Waals surface area (Å²) in [5, 5.41) is 9.63. The Bertz CT molecular complexity index is 770. The maximum atomic E-state index is 12.6. The lowest BCUT2D eigenvalue weighted by Crippen LogP contribution is -2.28. The normalized spacial score (nSPS) is 10.8. The molecule has 0 fully saturated rings. The summed E-state index contributed by atoms with van der Waals surface area (Å²) >= 11 is 1.32. The van der Waals surface area contributed by atoms with E-state index in [4.69, 9.17) is 5.11 Å². The zero-order chi connectivity index (χ0) is 17.3. The molecular formula is C15H20N4O3S. The van der Waals surface area contributed by atoms with Gasteiger partial charge in [-0.3, -0.25) is 9.59 Å². The van der Waals surface area contributed by atoms with E-state index in [-0.39, 0.29) is 18.9 Å². The van der Waals surface area contributed by atoms with Crippen LogP contribution in [0, 0.1) is 13.8 Å². The highest BCUT2D eigenvalue weighted by molar-refractivity contribution is 7.20. The van der Waals surface area contributed by atoms with Crippen molar-refractivity contribution in [3.63, 3.8) is 0 Å². The highest BCUT2D eigenvalue weighted by Crippen LogP contribution is 2.35. The molecule has 0 radical (unpaired) electrons. The van der Waals surface area contributed by atoms with Crippen LogP contribution in [0.3, 0.4) is 0 Å². The van der Waals surface area contributed by atoms with Crippen LogP contribution in [0.15, 0.2) is 0 Å². The van der Waals surface area contributed by atoms with E-state index in [1.807, 2.05) is 32.8 Å². The molecule has 124 valence electrons. The number of carbonyl (C=O) groups is 2. The molecule has 2 aromatic rings. The zero-order valence-corrected chi connectivity index (χ0v) is 14.7. The number of amides is 1. The molecule has 1 N–H and O–H groups in total. The third-order valence-electron chi connectivity index (χ3n) is 3.51. The van der Waals surface area contributed by atoms with Gasteiger partial charge in [-0.1, -0.05) is 0 Å².